The van der Waals surface area contributed by atoms with E-state index in [-0.39, 0.29) is 19.0 Å². The Morgan fingerprint density at radius 2 is 1.62 bits per heavy atom. The predicted octanol–water partition coefficient (Wildman–Crippen LogP) is 2.02. The maximum absolute atomic E-state index is 12.8. The number of nitrogens with zero attached hydrogens (tertiary/aromatic N) is 2. The molecule has 0 radical (unpaired) electrons. The van der Waals surface area contributed by atoms with Crippen LogP contribution in [0, 0.1) is 0 Å². The molecule has 0 aliphatic rings. The van der Waals surface area contributed by atoms with Crippen molar-refractivity contribution in [2.45, 2.75) is 19.5 Å². The highest BCUT2D eigenvalue weighted by molar-refractivity contribution is 6.30. The molecule has 1 N–H and O–H groups in total. The number of amides is 1. The van der Waals surface area contributed by atoms with Gasteiger partial charge in [-0.15, -0.1) is 0 Å². The number of hydrogen-bond acceptors (Lipinski definition) is 4. The first-order chi connectivity index (χ1) is 14.0. The van der Waals surface area contributed by atoms with Gasteiger partial charge in [0.05, 0.1) is 17.6 Å². The van der Waals surface area contributed by atoms with E-state index in [2.05, 4.69) is 5.32 Å². The monoisotopic (exact) mass is 415 g/mol. The van der Waals surface area contributed by atoms with E-state index in [0.29, 0.717) is 35.6 Å². The van der Waals surface area contributed by atoms with Gasteiger partial charge in [0.25, 0.3) is 0 Å². The number of carbonyl (C=O) groups is 1. The van der Waals surface area contributed by atoms with Gasteiger partial charge < -0.3 is 10.1 Å². The van der Waals surface area contributed by atoms with E-state index < -0.39 is 11.1 Å². The number of aromatic nitrogens is 2. The van der Waals surface area contributed by atoms with E-state index >= 15 is 0 Å². The van der Waals surface area contributed by atoms with Crippen LogP contribution in [0.15, 0.2) is 58.1 Å². The van der Waals surface area contributed by atoms with Crippen LogP contribution < -0.4 is 16.4 Å². The lowest BCUT2D eigenvalue weighted by Gasteiger charge is -2.15. The second kappa shape index (κ2) is 9.54. The Kier molecular flexibility index (Phi) is 6.85. The van der Waals surface area contributed by atoms with Crippen LogP contribution in [0.1, 0.15) is 12.0 Å². The average molecular weight is 416 g/mol. The van der Waals surface area contributed by atoms with Gasteiger partial charge in [0.2, 0.25) is 5.91 Å². The molecule has 0 bridgehead atoms. The van der Waals surface area contributed by atoms with Crippen molar-refractivity contribution in [3.8, 4) is 0 Å². The quantitative estimate of drug-likeness (QED) is 0.450. The van der Waals surface area contributed by atoms with E-state index in [4.69, 9.17) is 16.3 Å². The molecular formula is C21H22ClN3O4. The number of ether oxygens (including phenoxy) is 1. The fraction of sp³-hybridized carbons (Fsp3) is 0.286. The lowest BCUT2D eigenvalue weighted by atomic mass is 10.2. The summed E-state index contributed by atoms with van der Waals surface area (Å²) in [6, 6.07) is 14.1. The van der Waals surface area contributed by atoms with Gasteiger partial charge in [0.1, 0.15) is 6.54 Å². The molecule has 0 aliphatic heterocycles. The highest BCUT2D eigenvalue weighted by atomic mass is 35.5. The zero-order valence-electron chi connectivity index (χ0n) is 16.1. The van der Waals surface area contributed by atoms with Crippen molar-refractivity contribution in [2.75, 3.05) is 20.3 Å². The van der Waals surface area contributed by atoms with Gasteiger partial charge in [-0.3, -0.25) is 23.5 Å². The molecule has 0 aliphatic carbocycles. The Bertz CT molecular complexity index is 1120. The molecule has 8 heteroatoms. The zero-order chi connectivity index (χ0) is 20.8. The fourth-order valence-corrected chi connectivity index (χ4v) is 3.23. The minimum Gasteiger partial charge on any atom is -0.385 e. The molecule has 1 amide bonds. The van der Waals surface area contributed by atoms with Gasteiger partial charge in [-0.2, -0.15) is 0 Å². The largest absolute Gasteiger partial charge is 0.385 e. The molecule has 3 rings (SSSR count). The molecule has 0 fully saturated rings. The normalized spacial score (nSPS) is 11.0. The van der Waals surface area contributed by atoms with Crippen molar-refractivity contribution in [1.29, 1.82) is 0 Å². The molecule has 152 valence electrons. The topological polar surface area (TPSA) is 82.3 Å². The second-order valence-electron chi connectivity index (χ2n) is 6.59. The third kappa shape index (κ3) is 4.93. The lowest BCUT2D eigenvalue weighted by molar-refractivity contribution is -0.121. The van der Waals surface area contributed by atoms with Gasteiger partial charge >= 0.3 is 11.1 Å². The van der Waals surface area contributed by atoms with Crippen molar-refractivity contribution >= 4 is 28.5 Å². The summed E-state index contributed by atoms with van der Waals surface area (Å²) in [7, 11) is 1.59. The van der Waals surface area contributed by atoms with Crippen molar-refractivity contribution in [2.24, 2.45) is 0 Å². The molecule has 1 aromatic heterocycles. The Labute approximate surface area is 172 Å². The van der Waals surface area contributed by atoms with E-state index in [1.54, 1.807) is 43.5 Å². The molecule has 29 heavy (non-hydrogen) atoms. The Morgan fingerprint density at radius 1 is 1.00 bits per heavy atom. The van der Waals surface area contributed by atoms with Crippen molar-refractivity contribution < 1.29 is 9.53 Å². The van der Waals surface area contributed by atoms with Crippen LogP contribution in [-0.4, -0.2) is 35.3 Å². The smallest absolute Gasteiger partial charge is 0.317 e. The summed E-state index contributed by atoms with van der Waals surface area (Å²) in [5.41, 5.74) is 0.544. The van der Waals surface area contributed by atoms with Crippen molar-refractivity contribution in [1.82, 2.24) is 14.5 Å². The Hall–Kier alpha value is -2.90. The van der Waals surface area contributed by atoms with Gasteiger partial charge in [-0.1, -0.05) is 35.9 Å². The summed E-state index contributed by atoms with van der Waals surface area (Å²) in [6.45, 7) is 0.982. The number of fused-ring (bicyclic) bond motifs is 1. The van der Waals surface area contributed by atoms with E-state index in [0.717, 1.165) is 5.56 Å². The van der Waals surface area contributed by atoms with E-state index in [9.17, 15) is 14.4 Å². The summed E-state index contributed by atoms with van der Waals surface area (Å²) in [4.78, 5) is 37.8. The standard InChI is InChI=1S/C21H22ClN3O4/c1-29-12-4-11-23-19(26)14-25-18-6-3-2-5-17(18)24(20(27)21(25)28)13-15-7-9-16(22)10-8-15/h2-3,5-10H,4,11-14H2,1H3,(H,23,26). The number of hydrogen-bond donors (Lipinski definition) is 1. The first-order valence-corrected chi connectivity index (χ1v) is 9.61. The van der Waals surface area contributed by atoms with Gasteiger partial charge in [0.15, 0.2) is 0 Å². The van der Waals surface area contributed by atoms with E-state index in [1.165, 1.54) is 9.13 Å². The van der Waals surface area contributed by atoms with Crippen molar-refractivity contribution in [3.05, 3.63) is 79.8 Å². The molecule has 0 saturated heterocycles. The van der Waals surface area contributed by atoms with Crippen LogP contribution in [0.3, 0.4) is 0 Å². The molecule has 1 heterocycles. The predicted molar refractivity (Wildman–Crippen MR) is 113 cm³/mol. The SMILES string of the molecule is COCCCNC(=O)Cn1c(=O)c(=O)n(Cc2ccc(Cl)cc2)c2ccccc21. The molecular weight excluding hydrogens is 394 g/mol. The van der Waals surface area contributed by atoms with Crippen LogP contribution >= 0.6 is 11.6 Å². The molecule has 2 aromatic carbocycles. The Morgan fingerprint density at radius 3 is 2.28 bits per heavy atom. The van der Waals surface area contributed by atoms with Crippen LogP contribution in [0.25, 0.3) is 11.0 Å². The molecule has 0 spiro atoms. The highest BCUT2D eigenvalue weighted by Crippen LogP contribution is 2.14. The minimum absolute atomic E-state index is 0.219. The van der Waals surface area contributed by atoms with Crippen molar-refractivity contribution in [3.63, 3.8) is 0 Å². The molecule has 7 nitrogen and oxygen atoms in total. The number of rotatable bonds is 8. The van der Waals surface area contributed by atoms with E-state index in [1.807, 2.05) is 12.1 Å². The number of nitrogens with one attached hydrogen (secondary N) is 1. The van der Waals surface area contributed by atoms with Gasteiger partial charge in [-0.25, -0.2) is 0 Å². The van der Waals surface area contributed by atoms with Gasteiger partial charge in [0, 0.05) is 25.3 Å². The number of carbonyl (C=O) groups excluding carboxylic acids is 1. The first-order valence-electron chi connectivity index (χ1n) is 9.23. The summed E-state index contributed by atoms with van der Waals surface area (Å²) in [5.74, 6) is -0.330. The van der Waals surface area contributed by atoms with Gasteiger partial charge in [-0.05, 0) is 36.2 Å². The third-order valence-electron chi connectivity index (χ3n) is 4.54. The summed E-state index contributed by atoms with van der Waals surface area (Å²) < 4.78 is 7.59. The first kappa shape index (κ1) is 20.8. The molecule has 0 saturated carbocycles. The fourth-order valence-electron chi connectivity index (χ4n) is 3.10. The molecule has 0 unspecified atom stereocenters. The molecule has 3 aromatic rings. The number of halogens is 1. The average Bonchev–Trinajstić information content (AvgIpc) is 2.73. The van der Waals surface area contributed by atoms with Crippen LogP contribution in [0.2, 0.25) is 5.02 Å². The summed E-state index contributed by atoms with van der Waals surface area (Å²) in [5, 5.41) is 3.33. The lowest BCUT2D eigenvalue weighted by Crippen LogP contribution is -2.44. The maximum atomic E-state index is 12.8. The summed E-state index contributed by atoms with van der Waals surface area (Å²) in [6.07, 6.45) is 0.667. The third-order valence-corrected chi connectivity index (χ3v) is 4.79. The number of benzene rings is 2. The van der Waals surface area contributed by atoms with Crippen LogP contribution in [-0.2, 0) is 22.6 Å². The summed E-state index contributed by atoms with van der Waals surface area (Å²) >= 11 is 5.92. The Balaban J connectivity index is 1.96. The van der Waals surface area contributed by atoms with Crippen LogP contribution in [0.4, 0.5) is 0 Å². The maximum Gasteiger partial charge on any atom is 0.317 e. The molecule has 0 atom stereocenters. The minimum atomic E-state index is -0.732. The van der Waals surface area contributed by atoms with Crippen LogP contribution in [0.5, 0.6) is 0 Å². The number of para-hydroxylation sites is 2. The number of methoxy groups -OCH3 is 1. The second-order valence-corrected chi connectivity index (χ2v) is 7.03. The zero-order valence-corrected chi connectivity index (χ0v) is 16.8. The highest BCUT2D eigenvalue weighted by Gasteiger charge is 2.15.